The number of para-hydroxylation sites is 1. The third-order valence-corrected chi connectivity index (χ3v) is 3.03. The summed E-state index contributed by atoms with van der Waals surface area (Å²) in [5.41, 5.74) is 6.04. The Hall–Kier alpha value is -1.93. The van der Waals surface area contributed by atoms with Gasteiger partial charge in [-0.2, -0.15) is 0 Å². The average molecular weight is 266 g/mol. The van der Waals surface area contributed by atoms with E-state index in [1.165, 1.54) is 17.8 Å². The molecule has 2 rings (SSSR count). The van der Waals surface area contributed by atoms with E-state index in [0.29, 0.717) is 22.4 Å². The first-order valence-corrected chi connectivity index (χ1v) is 6.07. The summed E-state index contributed by atoms with van der Waals surface area (Å²) in [6, 6.07) is 6.55. The minimum Gasteiger partial charge on any atom is -0.415 e. The molecule has 2 aromatic rings. The van der Waals surface area contributed by atoms with Crippen LogP contribution in [0.25, 0.3) is 0 Å². The molecule has 94 valence electrons. The third-order valence-electron chi connectivity index (χ3n) is 2.16. The quantitative estimate of drug-likeness (QED) is 0.498. The fourth-order valence-electron chi connectivity index (χ4n) is 1.33. The summed E-state index contributed by atoms with van der Waals surface area (Å²) in [5.74, 6) is 0.739. The van der Waals surface area contributed by atoms with Gasteiger partial charge in [-0.15, -0.1) is 10.2 Å². The van der Waals surface area contributed by atoms with E-state index >= 15 is 0 Å². The van der Waals surface area contributed by atoms with E-state index in [2.05, 4.69) is 10.2 Å². The molecule has 0 atom stereocenters. The summed E-state index contributed by atoms with van der Waals surface area (Å²) in [7, 11) is 0. The van der Waals surface area contributed by atoms with Crippen molar-refractivity contribution in [2.24, 2.45) is 5.73 Å². The van der Waals surface area contributed by atoms with Crippen molar-refractivity contribution in [3.63, 3.8) is 0 Å². The molecule has 18 heavy (non-hydrogen) atoms. The Morgan fingerprint density at radius 3 is 2.83 bits per heavy atom. The standard InChI is InChI=1S/C10H10N4O3S/c11-5-9-12-13-10(17-9)18-6-7-3-1-2-4-8(7)14(15)16/h1-4H,5-6,11H2. The first-order valence-electron chi connectivity index (χ1n) is 5.08. The highest BCUT2D eigenvalue weighted by Crippen LogP contribution is 2.26. The van der Waals surface area contributed by atoms with Crippen molar-refractivity contribution in [2.75, 3.05) is 0 Å². The van der Waals surface area contributed by atoms with Crippen LogP contribution in [-0.4, -0.2) is 15.1 Å². The number of nitrogens with zero attached hydrogens (tertiary/aromatic N) is 3. The maximum Gasteiger partial charge on any atom is 0.276 e. The number of nitrogens with two attached hydrogens (primary N) is 1. The Morgan fingerprint density at radius 1 is 1.39 bits per heavy atom. The van der Waals surface area contributed by atoms with Crippen LogP contribution in [0.4, 0.5) is 5.69 Å². The van der Waals surface area contributed by atoms with Crippen LogP contribution in [0.15, 0.2) is 33.9 Å². The lowest BCUT2D eigenvalue weighted by Crippen LogP contribution is -1.95. The van der Waals surface area contributed by atoms with E-state index in [1.807, 2.05) is 0 Å². The lowest BCUT2D eigenvalue weighted by molar-refractivity contribution is -0.385. The summed E-state index contributed by atoms with van der Waals surface area (Å²) in [4.78, 5) is 10.4. The predicted octanol–water partition coefficient (Wildman–Crippen LogP) is 1.73. The minimum atomic E-state index is -0.408. The predicted molar refractivity (Wildman–Crippen MR) is 64.8 cm³/mol. The number of rotatable bonds is 5. The number of nitro benzene ring substituents is 1. The Labute approximate surface area is 107 Å². The number of aromatic nitrogens is 2. The van der Waals surface area contributed by atoms with E-state index < -0.39 is 4.92 Å². The van der Waals surface area contributed by atoms with Crippen LogP contribution in [0.1, 0.15) is 11.5 Å². The van der Waals surface area contributed by atoms with E-state index in [1.54, 1.807) is 18.2 Å². The largest absolute Gasteiger partial charge is 0.415 e. The van der Waals surface area contributed by atoms with Crippen LogP contribution >= 0.6 is 11.8 Å². The molecule has 1 aromatic carbocycles. The fourth-order valence-corrected chi connectivity index (χ4v) is 2.11. The van der Waals surface area contributed by atoms with Gasteiger partial charge >= 0.3 is 0 Å². The van der Waals surface area contributed by atoms with Gasteiger partial charge in [0.2, 0.25) is 5.89 Å². The highest BCUT2D eigenvalue weighted by molar-refractivity contribution is 7.98. The van der Waals surface area contributed by atoms with Crippen LogP contribution in [0.5, 0.6) is 0 Å². The third kappa shape index (κ3) is 2.84. The molecule has 0 aliphatic carbocycles. The van der Waals surface area contributed by atoms with E-state index in [4.69, 9.17) is 10.2 Å². The zero-order valence-electron chi connectivity index (χ0n) is 9.28. The Bertz CT molecular complexity index is 558. The van der Waals surface area contributed by atoms with E-state index in [9.17, 15) is 10.1 Å². The molecule has 2 N–H and O–H groups in total. The number of hydrogen-bond acceptors (Lipinski definition) is 7. The number of nitro groups is 1. The lowest BCUT2D eigenvalue weighted by atomic mass is 10.2. The topological polar surface area (TPSA) is 108 Å². The van der Waals surface area contributed by atoms with Crippen LogP contribution in [0.2, 0.25) is 0 Å². The SMILES string of the molecule is NCc1nnc(SCc2ccccc2[N+](=O)[O-])o1. The number of thioether (sulfide) groups is 1. The number of benzene rings is 1. The molecule has 0 fully saturated rings. The van der Waals surface area contributed by atoms with E-state index in [-0.39, 0.29) is 12.2 Å². The minimum absolute atomic E-state index is 0.0866. The maximum absolute atomic E-state index is 10.8. The molecule has 0 aliphatic heterocycles. The van der Waals surface area contributed by atoms with Crippen LogP contribution in [-0.2, 0) is 12.3 Å². The van der Waals surface area contributed by atoms with Gasteiger partial charge in [-0.25, -0.2) is 0 Å². The molecule has 0 amide bonds. The summed E-state index contributed by atoms with van der Waals surface area (Å²) in [5, 5.41) is 18.6. The van der Waals surface area contributed by atoms with Crippen molar-refractivity contribution < 1.29 is 9.34 Å². The van der Waals surface area contributed by atoms with Gasteiger partial charge < -0.3 is 10.2 Å². The van der Waals surface area contributed by atoms with Crippen LogP contribution in [0.3, 0.4) is 0 Å². The Balaban J connectivity index is 2.08. The summed E-state index contributed by atoms with van der Waals surface area (Å²) in [6.45, 7) is 0.180. The summed E-state index contributed by atoms with van der Waals surface area (Å²) in [6.07, 6.45) is 0. The molecule has 0 spiro atoms. The molecule has 0 bridgehead atoms. The average Bonchev–Trinajstić information content (AvgIpc) is 2.84. The van der Waals surface area contributed by atoms with Gasteiger partial charge in [-0.3, -0.25) is 10.1 Å². The van der Waals surface area contributed by atoms with Gasteiger partial charge in [-0.05, 0) is 0 Å². The second kappa shape index (κ2) is 5.61. The van der Waals surface area contributed by atoms with Crippen LogP contribution < -0.4 is 5.73 Å². The van der Waals surface area contributed by atoms with Gasteiger partial charge in [0.05, 0.1) is 11.5 Å². The van der Waals surface area contributed by atoms with Crippen molar-refractivity contribution >= 4 is 17.4 Å². The highest BCUT2D eigenvalue weighted by Gasteiger charge is 2.14. The highest BCUT2D eigenvalue weighted by atomic mass is 32.2. The first-order chi connectivity index (χ1) is 8.70. The normalized spacial score (nSPS) is 10.5. The molecule has 0 unspecified atom stereocenters. The van der Waals surface area contributed by atoms with Crippen molar-refractivity contribution in [3.8, 4) is 0 Å². The molecule has 8 heteroatoms. The smallest absolute Gasteiger partial charge is 0.276 e. The van der Waals surface area contributed by atoms with Gasteiger partial charge in [-0.1, -0.05) is 30.0 Å². The molecule has 0 saturated heterocycles. The number of hydrogen-bond donors (Lipinski definition) is 1. The molecule has 0 radical (unpaired) electrons. The fraction of sp³-hybridized carbons (Fsp3) is 0.200. The van der Waals surface area contributed by atoms with Crippen molar-refractivity contribution in [3.05, 3.63) is 45.8 Å². The van der Waals surface area contributed by atoms with Crippen molar-refractivity contribution in [1.29, 1.82) is 0 Å². The molecule has 1 heterocycles. The van der Waals surface area contributed by atoms with Gasteiger partial charge in [0.15, 0.2) is 0 Å². The Kier molecular flexibility index (Phi) is 3.90. The van der Waals surface area contributed by atoms with Crippen LogP contribution in [0, 0.1) is 10.1 Å². The second-order valence-electron chi connectivity index (χ2n) is 3.34. The van der Waals surface area contributed by atoms with Crippen molar-refractivity contribution in [2.45, 2.75) is 17.5 Å². The molecule has 7 nitrogen and oxygen atoms in total. The molecule has 0 aliphatic rings. The zero-order chi connectivity index (χ0) is 13.0. The van der Waals surface area contributed by atoms with E-state index in [0.717, 1.165) is 0 Å². The van der Waals surface area contributed by atoms with Crippen molar-refractivity contribution in [1.82, 2.24) is 10.2 Å². The molecular formula is C10H10N4O3S. The van der Waals surface area contributed by atoms with Gasteiger partial charge in [0.1, 0.15) is 0 Å². The summed E-state index contributed by atoms with van der Waals surface area (Å²) < 4.78 is 5.20. The Morgan fingerprint density at radius 2 is 2.17 bits per heavy atom. The monoisotopic (exact) mass is 266 g/mol. The first kappa shape index (κ1) is 12.5. The maximum atomic E-state index is 10.8. The molecule has 0 saturated carbocycles. The molecular weight excluding hydrogens is 256 g/mol. The molecule has 1 aromatic heterocycles. The summed E-state index contributed by atoms with van der Waals surface area (Å²) >= 11 is 1.24. The lowest BCUT2D eigenvalue weighted by Gasteiger charge is -1.99. The zero-order valence-corrected chi connectivity index (χ0v) is 10.1. The second-order valence-corrected chi connectivity index (χ2v) is 4.27. The van der Waals surface area contributed by atoms with Gasteiger partial charge in [0.25, 0.3) is 10.9 Å². The van der Waals surface area contributed by atoms with Gasteiger partial charge in [0, 0.05) is 17.4 Å².